The van der Waals surface area contributed by atoms with Crippen molar-refractivity contribution < 1.29 is 9.53 Å². The largest absolute Gasteiger partial charge is 0.465 e. The number of methoxy groups -OCH3 is 1. The fraction of sp³-hybridized carbons (Fsp3) is 0.333. The molecule has 0 unspecified atom stereocenters. The van der Waals surface area contributed by atoms with Gasteiger partial charge >= 0.3 is 5.97 Å². The van der Waals surface area contributed by atoms with Gasteiger partial charge in [0.05, 0.1) is 23.9 Å². The number of aromatic nitrogens is 2. The zero-order valence-electron chi connectivity index (χ0n) is 16.9. The molecule has 1 aliphatic heterocycles. The van der Waals surface area contributed by atoms with Gasteiger partial charge in [0.25, 0.3) is 0 Å². The van der Waals surface area contributed by atoms with Gasteiger partial charge in [0.1, 0.15) is 11.3 Å². The highest BCUT2D eigenvalue weighted by Gasteiger charge is 2.41. The number of esters is 1. The van der Waals surface area contributed by atoms with Crippen molar-refractivity contribution in [3.05, 3.63) is 71.1 Å². The summed E-state index contributed by atoms with van der Waals surface area (Å²) in [6.45, 7) is 6.52. The topological polar surface area (TPSA) is 56.2 Å². The van der Waals surface area contributed by atoms with Crippen LogP contribution in [0.3, 0.4) is 0 Å². The van der Waals surface area contributed by atoms with E-state index in [2.05, 4.69) is 40.7 Å². The highest BCUT2D eigenvalue weighted by atomic mass is 16.5. The first-order chi connectivity index (χ1) is 14.0. The van der Waals surface area contributed by atoms with Crippen LogP contribution in [0.4, 0.5) is 5.69 Å². The number of carbonyl (C=O) groups excluding carboxylic acids is 1. The fourth-order valence-electron chi connectivity index (χ4n) is 5.11. The molecule has 148 valence electrons. The van der Waals surface area contributed by atoms with Gasteiger partial charge < -0.3 is 14.6 Å². The minimum atomic E-state index is -0.292. The molecule has 1 spiro atoms. The van der Waals surface area contributed by atoms with E-state index in [0.29, 0.717) is 12.1 Å². The maximum atomic E-state index is 12.6. The average molecular weight is 387 g/mol. The van der Waals surface area contributed by atoms with Crippen LogP contribution in [0.1, 0.15) is 39.3 Å². The molecule has 5 nitrogen and oxygen atoms in total. The van der Waals surface area contributed by atoms with Crippen molar-refractivity contribution in [3.63, 3.8) is 0 Å². The zero-order valence-corrected chi connectivity index (χ0v) is 16.9. The Kier molecular flexibility index (Phi) is 4.02. The molecule has 2 aromatic carbocycles. The Morgan fingerprint density at radius 2 is 2.07 bits per heavy atom. The van der Waals surface area contributed by atoms with Crippen LogP contribution in [-0.2, 0) is 30.5 Å². The molecule has 5 heteroatoms. The molecule has 0 saturated carbocycles. The summed E-state index contributed by atoms with van der Waals surface area (Å²) in [7, 11) is 1.44. The van der Waals surface area contributed by atoms with Crippen LogP contribution >= 0.6 is 0 Å². The molecular formula is C24H25N3O2. The third kappa shape index (κ3) is 2.68. The van der Waals surface area contributed by atoms with Crippen molar-refractivity contribution in [2.75, 3.05) is 12.4 Å². The summed E-state index contributed by atoms with van der Waals surface area (Å²) in [6.07, 6.45) is 5.67. The molecule has 2 heterocycles. The second-order valence-electron chi connectivity index (χ2n) is 8.22. The van der Waals surface area contributed by atoms with Crippen LogP contribution in [0.25, 0.3) is 11.0 Å². The monoisotopic (exact) mass is 387 g/mol. The van der Waals surface area contributed by atoms with Crippen molar-refractivity contribution in [1.82, 2.24) is 9.55 Å². The molecule has 5 rings (SSSR count). The Morgan fingerprint density at radius 3 is 2.72 bits per heavy atom. The summed E-state index contributed by atoms with van der Waals surface area (Å²) in [5, 5.41) is 3.85. The highest BCUT2D eigenvalue weighted by Crippen LogP contribution is 2.44. The lowest BCUT2D eigenvalue weighted by Crippen LogP contribution is -2.43. The lowest BCUT2D eigenvalue weighted by Gasteiger charge is -2.37. The predicted molar refractivity (Wildman–Crippen MR) is 115 cm³/mol. The quantitative estimate of drug-likeness (QED) is 0.540. The Morgan fingerprint density at radius 1 is 1.34 bits per heavy atom. The van der Waals surface area contributed by atoms with E-state index in [1.54, 1.807) is 0 Å². The first-order valence-corrected chi connectivity index (χ1v) is 10.1. The smallest absolute Gasteiger partial charge is 0.338 e. The van der Waals surface area contributed by atoms with Crippen molar-refractivity contribution in [3.8, 4) is 0 Å². The summed E-state index contributed by atoms with van der Waals surface area (Å²) in [5.41, 5.74) is 7.34. The minimum absolute atomic E-state index is 0.0194. The van der Waals surface area contributed by atoms with Gasteiger partial charge in [-0.3, -0.25) is 0 Å². The molecule has 0 amide bonds. The number of ether oxygens (including phenoxy) is 1. The number of nitrogens with one attached hydrogen (secondary N) is 1. The van der Waals surface area contributed by atoms with E-state index in [1.807, 2.05) is 19.1 Å². The maximum absolute atomic E-state index is 12.6. The number of fused-ring (bicyclic) bond motifs is 4. The molecule has 0 saturated heterocycles. The number of hydrogen-bond acceptors (Lipinski definition) is 4. The van der Waals surface area contributed by atoms with Crippen molar-refractivity contribution in [1.29, 1.82) is 0 Å². The first kappa shape index (κ1) is 18.0. The van der Waals surface area contributed by atoms with Crippen LogP contribution in [0, 0.1) is 6.92 Å². The normalized spacial score (nSPS) is 16.3. The first-order valence-electron chi connectivity index (χ1n) is 10.1. The van der Waals surface area contributed by atoms with Gasteiger partial charge in [-0.05, 0) is 55.4 Å². The zero-order chi connectivity index (χ0) is 20.2. The van der Waals surface area contributed by atoms with Gasteiger partial charge in [0.15, 0.2) is 0 Å². The molecule has 0 atom stereocenters. The molecule has 29 heavy (non-hydrogen) atoms. The molecular weight excluding hydrogens is 362 g/mol. The number of carbonyl (C=O) groups is 1. The molecule has 1 N–H and O–H groups in total. The van der Waals surface area contributed by atoms with Crippen LogP contribution in [0.2, 0.25) is 0 Å². The number of imidazole rings is 1. The molecule has 0 fully saturated rings. The van der Waals surface area contributed by atoms with Gasteiger partial charge in [-0.2, -0.15) is 0 Å². The summed E-state index contributed by atoms with van der Waals surface area (Å²) in [6, 6.07) is 10.6. The van der Waals surface area contributed by atoms with E-state index in [-0.39, 0.29) is 11.5 Å². The number of hydrogen-bond donors (Lipinski definition) is 1. The van der Waals surface area contributed by atoms with Crippen LogP contribution in [-0.4, -0.2) is 28.2 Å². The van der Waals surface area contributed by atoms with Gasteiger partial charge in [-0.1, -0.05) is 30.3 Å². The SMILES string of the molecule is C=CCn1c(C)nc2c3c(c(C(=O)OC)cc21)CCC1(Cc2ccccc2C1)N3. The number of nitrogens with zero attached hydrogens (tertiary/aromatic N) is 2. The van der Waals surface area contributed by atoms with Crippen LogP contribution in [0.5, 0.6) is 0 Å². The Balaban J connectivity index is 1.68. The molecule has 1 aromatic heterocycles. The highest BCUT2D eigenvalue weighted by molar-refractivity contribution is 6.02. The number of anilines is 1. The third-order valence-corrected chi connectivity index (χ3v) is 6.48. The predicted octanol–water partition coefficient (Wildman–Crippen LogP) is 4.21. The van der Waals surface area contributed by atoms with E-state index in [0.717, 1.165) is 53.8 Å². The Bertz CT molecular complexity index is 1130. The Hall–Kier alpha value is -3.08. The van der Waals surface area contributed by atoms with E-state index in [9.17, 15) is 4.79 Å². The van der Waals surface area contributed by atoms with Crippen molar-refractivity contribution in [2.45, 2.75) is 44.7 Å². The second kappa shape index (κ2) is 6.48. The van der Waals surface area contributed by atoms with Gasteiger partial charge in [0, 0.05) is 12.1 Å². The minimum Gasteiger partial charge on any atom is -0.465 e. The maximum Gasteiger partial charge on any atom is 0.338 e. The molecule has 0 radical (unpaired) electrons. The average Bonchev–Trinajstić information content (AvgIpc) is 3.24. The summed E-state index contributed by atoms with van der Waals surface area (Å²) in [4.78, 5) is 17.5. The molecule has 1 aliphatic carbocycles. The molecule has 3 aromatic rings. The number of rotatable bonds is 3. The number of allylic oxidation sites excluding steroid dienone is 1. The van der Waals surface area contributed by atoms with Gasteiger partial charge in [0.2, 0.25) is 0 Å². The van der Waals surface area contributed by atoms with Crippen LogP contribution < -0.4 is 5.32 Å². The van der Waals surface area contributed by atoms with Crippen molar-refractivity contribution in [2.24, 2.45) is 0 Å². The van der Waals surface area contributed by atoms with Gasteiger partial charge in [-0.25, -0.2) is 9.78 Å². The lowest BCUT2D eigenvalue weighted by molar-refractivity contribution is 0.0599. The van der Waals surface area contributed by atoms with E-state index in [1.165, 1.54) is 18.2 Å². The summed E-state index contributed by atoms with van der Waals surface area (Å²) in [5.74, 6) is 0.625. The fourth-order valence-corrected chi connectivity index (χ4v) is 5.11. The number of benzene rings is 2. The Labute approximate surface area is 170 Å². The van der Waals surface area contributed by atoms with Crippen molar-refractivity contribution >= 4 is 22.7 Å². The molecule has 2 aliphatic rings. The van der Waals surface area contributed by atoms with Crippen LogP contribution in [0.15, 0.2) is 43.0 Å². The number of aryl methyl sites for hydroxylation is 1. The third-order valence-electron chi connectivity index (χ3n) is 6.48. The molecule has 0 bridgehead atoms. The summed E-state index contributed by atoms with van der Waals surface area (Å²) < 4.78 is 7.21. The van der Waals surface area contributed by atoms with E-state index in [4.69, 9.17) is 9.72 Å². The standard InChI is InChI=1S/C24H25N3O2/c1-4-11-27-15(2)25-22-20(27)12-19(23(28)29-3)18-9-10-24(26-21(18)22)13-16-7-5-6-8-17(16)14-24/h4-8,12,26H,1,9-11,13-14H2,2-3H3. The van der Waals surface area contributed by atoms with E-state index < -0.39 is 0 Å². The summed E-state index contributed by atoms with van der Waals surface area (Å²) >= 11 is 0. The van der Waals surface area contributed by atoms with E-state index >= 15 is 0 Å². The second-order valence-corrected chi connectivity index (χ2v) is 8.22. The lowest BCUT2D eigenvalue weighted by atomic mass is 9.82. The van der Waals surface area contributed by atoms with Gasteiger partial charge in [-0.15, -0.1) is 6.58 Å².